The van der Waals surface area contributed by atoms with E-state index in [1.165, 1.54) is 32.5 Å². The molecule has 18 heavy (non-hydrogen) atoms. The topological polar surface area (TPSA) is 28.4 Å². The van der Waals surface area contributed by atoms with Crippen LogP contribution in [0, 0.1) is 12.8 Å². The van der Waals surface area contributed by atoms with Gasteiger partial charge >= 0.3 is 0 Å². The highest BCUT2D eigenvalue weighted by Gasteiger charge is 2.19. The van der Waals surface area contributed by atoms with Crippen LogP contribution >= 0.6 is 0 Å². The molecule has 1 saturated heterocycles. The molecule has 1 fully saturated rings. The third-order valence-electron chi connectivity index (χ3n) is 3.78. The van der Waals surface area contributed by atoms with Crippen LogP contribution in [0.5, 0.6) is 0 Å². The molecule has 1 aromatic heterocycles. The summed E-state index contributed by atoms with van der Waals surface area (Å²) in [5.41, 5.74) is 0. The summed E-state index contributed by atoms with van der Waals surface area (Å²) in [6, 6.07) is 4.72. The Morgan fingerprint density at radius 3 is 2.83 bits per heavy atom. The fraction of sp³-hybridized carbons (Fsp3) is 0.733. The van der Waals surface area contributed by atoms with E-state index in [2.05, 4.69) is 36.2 Å². The van der Waals surface area contributed by atoms with Gasteiger partial charge in [-0.25, -0.2) is 0 Å². The predicted octanol–water partition coefficient (Wildman–Crippen LogP) is 2.80. The Morgan fingerprint density at radius 1 is 1.44 bits per heavy atom. The van der Waals surface area contributed by atoms with Gasteiger partial charge in [-0.15, -0.1) is 0 Å². The van der Waals surface area contributed by atoms with Crippen molar-refractivity contribution in [1.29, 1.82) is 0 Å². The zero-order valence-electron chi connectivity index (χ0n) is 11.9. The summed E-state index contributed by atoms with van der Waals surface area (Å²) in [7, 11) is 0. The van der Waals surface area contributed by atoms with Gasteiger partial charge in [-0.3, -0.25) is 4.90 Å². The number of nitrogens with one attached hydrogen (secondary N) is 1. The number of furan rings is 1. The zero-order chi connectivity index (χ0) is 13.0. The van der Waals surface area contributed by atoms with E-state index in [1.807, 2.05) is 6.92 Å². The van der Waals surface area contributed by atoms with Crippen molar-refractivity contribution in [3.05, 3.63) is 23.7 Å². The highest BCUT2D eigenvalue weighted by Crippen LogP contribution is 2.17. The quantitative estimate of drug-likeness (QED) is 0.871. The standard InChI is InChI=1S/C15H26N2O/c1-12(2)17(10-14-5-4-8-16-9-14)11-15-7-6-13(3)18-15/h6-7,12,14,16H,4-5,8-11H2,1-3H3. The maximum absolute atomic E-state index is 5.70. The average molecular weight is 250 g/mol. The van der Waals surface area contributed by atoms with Crippen LogP contribution in [0.3, 0.4) is 0 Å². The van der Waals surface area contributed by atoms with Crippen LogP contribution in [-0.2, 0) is 6.54 Å². The SMILES string of the molecule is Cc1ccc(CN(CC2CCCNC2)C(C)C)o1. The third-order valence-corrected chi connectivity index (χ3v) is 3.78. The molecule has 0 aromatic carbocycles. The van der Waals surface area contributed by atoms with Gasteiger partial charge in [0.2, 0.25) is 0 Å². The minimum Gasteiger partial charge on any atom is -0.465 e. The van der Waals surface area contributed by atoms with E-state index in [0.29, 0.717) is 6.04 Å². The van der Waals surface area contributed by atoms with Crippen molar-refractivity contribution < 1.29 is 4.42 Å². The van der Waals surface area contributed by atoms with Crippen molar-refractivity contribution in [2.75, 3.05) is 19.6 Å². The second kappa shape index (κ2) is 6.39. The molecule has 0 amide bonds. The van der Waals surface area contributed by atoms with Crippen molar-refractivity contribution in [2.45, 2.75) is 46.2 Å². The fourth-order valence-electron chi connectivity index (χ4n) is 2.64. The first kappa shape index (κ1) is 13.6. The van der Waals surface area contributed by atoms with E-state index in [1.54, 1.807) is 0 Å². The van der Waals surface area contributed by atoms with Crippen molar-refractivity contribution >= 4 is 0 Å². The minimum absolute atomic E-state index is 0.567. The van der Waals surface area contributed by atoms with Crippen LogP contribution < -0.4 is 5.32 Å². The molecule has 1 aromatic rings. The summed E-state index contributed by atoms with van der Waals surface area (Å²) in [5.74, 6) is 2.88. The second-order valence-electron chi connectivity index (χ2n) is 5.75. The van der Waals surface area contributed by atoms with E-state index < -0.39 is 0 Å². The maximum Gasteiger partial charge on any atom is 0.118 e. The molecule has 2 heterocycles. The van der Waals surface area contributed by atoms with Crippen LogP contribution in [0.1, 0.15) is 38.2 Å². The van der Waals surface area contributed by atoms with Crippen molar-refractivity contribution in [1.82, 2.24) is 10.2 Å². The Bertz CT molecular complexity index is 353. The first-order chi connectivity index (χ1) is 8.65. The molecule has 1 aliphatic rings. The van der Waals surface area contributed by atoms with E-state index >= 15 is 0 Å². The minimum atomic E-state index is 0.567. The number of hydrogen-bond acceptors (Lipinski definition) is 3. The molecule has 0 spiro atoms. The van der Waals surface area contributed by atoms with E-state index in [0.717, 1.165) is 24.0 Å². The molecule has 3 heteroatoms. The summed E-state index contributed by atoms with van der Waals surface area (Å²) in [6.45, 7) is 11.0. The van der Waals surface area contributed by atoms with Crippen molar-refractivity contribution in [2.24, 2.45) is 5.92 Å². The van der Waals surface area contributed by atoms with Gasteiger partial charge in [0.15, 0.2) is 0 Å². The molecular formula is C15H26N2O. The molecular weight excluding hydrogens is 224 g/mol. The predicted molar refractivity (Wildman–Crippen MR) is 74.6 cm³/mol. The largest absolute Gasteiger partial charge is 0.465 e. The van der Waals surface area contributed by atoms with Crippen LogP contribution in [-0.4, -0.2) is 30.6 Å². The molecule has 0 radical (unpaired) electrons. The van der Waals surface area contributed by atoms with E-state index in [9.17, 15) is 0 Å². The molecule has 1 N–H and O–H groups in total. The van der Waals surface area contributed by atoms with Crippen LogP contribution in [0.2, 0.25) is 0 Å². The molecule has 2 rings (SSSR count). The molecule has 1 unspecified atom stereocenters. The van der Waals surface area contributed by atoms with Crippen molar-refractivity contribution in [3.8, 4) is 0 Å². The van der Waals surface area contributed by atoms with Gasteiger partial charge in [0.05, 0.1) is 6.54 Å². The van der Waals surface area contributed by atoms with Gasteiger partial charge in [0.1, 0.15) is 11.5 Å². The summed E-state index contributed by atoms with van der Waals surface area (Å²) in [4.78, 5) is 2.52. The lowest BCUT2D eigenvalue weighted by atomic mass is 9.98. The van der Waals surface area contributed by atoms with E-state index in [-0.39, 0.29) is 0 Å². The Labute approximate surface area is 111 Å². The Kier molecular flexibility index (Phi) is 4.84. The summed E-state index contributed by atoms with van der Waals surface area (Å²) < 4.78 is 5.70. The number of aryl methyl sites for hydroxylation is 1. The van der Waals surface area contributed by atoms with Gasteiger partial charge in [-0.2, -0.15) is 0 Å². The molecule has 1 atom stereocenters. The third kappa shape index (κ3) is 3.85. The number of nitrogens with zero attached hydrogens (tertiary/aromatic N) is 1. The summed E-state index contributed by atoms with van der Waals surface area (Å²) in [5, 5.41) is 3.50. The Hall–Kier alpha value is -0.800. The normalized spacial score (nSPS) is 20.8. The van der Waals surface area contributed by atoms with Gasteiger partial charge < -0.3 is 9.73 Å². The van der Waals surface area contributed by atoms with Crippen molar-refractivity contribution in [3.63, 3.8) is 0 Å². The van der Waals surface area contributed by atoms with Crippen LogP contribution in [0.25, 0.3) is 0 Å². The molecule has 0 aliphatic carbocycles. The Morgan fingerprint density at radius 2 is 2.28 bits per heavy atom. The second-order valence-corrected chi connectivity index (χ2v) is 5.75. The van der Waals surface area contributed by atoms with E-state index in [4.69, 9.17) is 4.42 Å². The zero-order valence-corrected chi connectivity index (χ0v) is 11.9. The number of hydrogen-bond donors (Lipinski definition) is 1. The van der Waals surface area contributed by atoms with Gasteiger partial charge in [0.25, 0.3) is 0 Å². The fourth-order valence-corrected chi connectivity index (χ4v) is 2.64. The summed E-state index contributed by atoms with van der Waals surface area (Å²) >= 11 is 0. The van der Waals surface area contributed by atoms with Crippen LogP contribution in [0.4, 0.5) is 0 Å². The number of piperidine rings is 1. The molecule has 3 nitrogen and oxygen atoms in total. The number of rotatable bonds is 5. The van der Waals surface area contributed by atoms with Gasteiger partial charge in [0, 0.05) is 12.6 Å². The molecule has 0 bridgehead atoms. The Balaban J connectivity index is 1.90. The monoisotopic (exact) mass is 250 g/mol. The lowest BCUT2D eigenvalue weighted by Gasteiger charge is -2.32. The average Bonchev–Trinajstić information content (AvgIpc) is 2.75. The summed E-state index contributed by atoms with van der Waals surface area (Å²) in [6.07, 6.45) is 2.67. The highest BCUT2D eigenvalue weighted by molar-refractivity contribution is 5.05. The smallest absolute Gasteiger partial charge is 0.118 e. The maximum atomic E-state index is 5.70. The first-order valence-electron chi connectivity index (χ1n) is 7.15. The lowest BCUT2D eigenvalue weighted by molar-refractivity contribution is 0.152. The van der Waals surface area contributed by atoms with Gasteiger partial charge in [-0.1, -0.05) is 0 Å². The molecule has 102 valence electrons. The highest BCUT2D eigenvalue weighted by atomic mass is 16.3. The first-order valence-corrected chi connectivity index (χ1v) is 7.15. The van der Waals surface area contributed by atoms with Gasteiger partial charge in [-0.05, 0) is 64.8 Å². The molecule has 1 aliphatic heterocycles. The molecule has 0 saturated carbocycles. The van der Waals surface area contributed by atoms with Crippen LogP contribution in [0.15, 0.2) is 16.5 Å². The lowest BCUT2D eigenvalue weighted by Crippen LogP contribution is -2.40.